The Labute approximate surface area is 214 Å². The van der Waals surface area contributed by atoms with Gasteiger partial charge in [-0.1, -0.05) is 0 Å². The third-order valence-corrected chi connectivity index (χ3v) is 7.68. The van der Waals surface area contributed by atoms with Gasteiger partial charge in [0.15, 0.2) is 10.8 Å². The highest BCUT2D eigenvalue weighted by Gasteiger charge is 2.40. The summed E-state index contributed by atoms with van der Waals surface area (Å²) in [6.07, 6.45) is 4.96. The predicted molar refractivity (Wildman–Crippen MR) is 129 cm³/mol. The molecule has 3 aromatic heterocycles. The Kier molecular flexibility index (Phi) is 6.03. The molecule has 6 rings (SSSR count). The van der Waals surface area contributed by atoms with Crippen molar-refractivity contribution in [2.75, 3.05) is 26.4 Å². The molecule has 1 N–H and O–H groups in total. The van der Waals surface area contributed by atoms with Crippen LogP contribution >= 0.6 is 11.3 Å². The molecule has 1 saturated heterocycles. The van der Waals surface area contributed by atoms with E-state index in [1.807, 2.05) is 30.0 Å². The van der Waals surface area contributed by atoms with Gasteiger partial charge in [0.2, 0.25) is 0 Å². The normalized spacial score (nSPS) is 21.4. The Morgan fingerprint density at radius 1 is 1.30 bits per heavy atom. The molecule has 1 atom stereocenters. The fraction of sp³-hybridized carbons (Fsp3) is 0.458. The van der Waals surface area contributed by atoms with Crippen LogP contribution in [0.1, 0.15) is 23.1 Å². The van der Waals surface area contributed by atoms with E-state index in [1.165, 1.54) is 11.3 Å². The lowest BCUT2D eigenvalue weighted by Gasteiger charge is -2.27. The number of allylic oxidation sites excluding steroid dienone is 2. The zero-order valence-corrected chi connectivity index (χ0v) is 20.8. The second-order valence-corrected chi connectivity index (χ2v) is 10.4. The van der Waals surface area contributed by atoms with E-state index in [0.29, 0.717) is 29.8 Å². The topological polar surface area (TPSA) is 91.9 Å². The molecule has 13 heteroatoms. The Hall–Kier alpha value is -3.25. The molecule has 0 radical (unpaired) electrons. The molecule has 3 aliphatic rings. The number of ether oxygens (including phenoxy) is 2. The number of aromatic nitrogens is 6. The number of halogens is 3. The molecule has 0 aromatic carbocycles. The Morgan fingerprint density at radius 2 is 2.16 bits per heavy atom. The summed E-state index contributed by atoms with van der Waals surface area (Å²) in [5, 5.41) is 12.1. The van der Waals surface area contributed by atoms with Gasteiger partial charge in [-0.3, -0.25) is 4.68 Å². The first-order valence-corrected chi connectivity index (χ1v) is 12.7. The summed E-state index contributed by atoms with van der Waals surface area (Å²) < 4.78 is 53.1. The van der Waals surface area contributed by atoms with Crippen molar-refractivity contribution in [2.24, 2.45) is 0 Å². The van der Waals surface area contributed by atoms with Crippen molar-refractivity contribution in [3.05, 3.63) is 58.5 Å². The van der Waals surface area contributed by atoms with Gasteiger partial charge in [-0.25, -0.2) is 14.6 Å². The molecule has 0 spiro atoms. The van der Waals surface area contributed by atoms with Gasteiger partial charge in [0, 0.05) is 35.2 Å². The molecule has 3 aromatic rings. The molecule has 1 aliphatic carbocycles. The number of nitrogens with one attached hydrogen (secondary N) is 1. The minimum atomic E-state index is -4.41. The summed E-state index contributed by atoms with van der Waals surface area (Å²) >= 11 is 1.33. The van der Waals surface area contributed by atoms with E-state index in [4.69, 9.17) is 14.5 Å². The van der Waals surface area contributed by atoms with Crippen molar-refractivity contribution in [3.8, 4) is 10.8 Å². The average molecular weight is 532 g/mol. The van der Waals surface area contributed by atoms with Crippen molar-refractivity contribution < 1.29 is 22.6 Å². The molecule has 194 valence electrons. The minimum absolute atomic E-state index is 0.105. The van der Waals surface area contributed by atoms with Gasteiger partial charge in [-0.05, 0) is 19.1 Å². The van der Waals surface area contributed by atoms with E-state index in [1.54, 1.807) is 6.20 Å². The van der Waals surface area contributed by atoms with Crippen LogP contribution in [0.3, 0.4) is 0 Å². The van der Waals surface area contributed by atoms with Crippen LogP contribution in [-0.4, -0.2) is 68.1 Å². The highest BCUT2D eigenvalue weighted by molar-refractivity contribution is 7.15. The fourth-order valence-electron chi connectivity index (χ4n) is 4.51. The van der Waals surface area contributed by atoms with Gasteiger partial charge < -0.3 is 14.8 Å². The van der Waals surface area contributed by atoms with Crippen molar-refractivity contribution in [3.63, 3.8) is 0 Å². The Balaban J connectivity index is 1.26. The van der Waals surface area contributed by atoms with Crippen LogP contribution in [-0.2, 0) is 34.4 Å². The van der Waals surface area contributed by atoms with Crippen LogP contribution in [0.15, 0.2) is 42.4 Å². The molecule has 9 nitrogen and oxygen atoms in total. The van der Waals surface area contributed by atoms with Crippen LogP contribution < -0.4 is 5.32 Å². The molecule has 5 heterocycles. The van der Waals surface area contributed by atoms with Gasteiger partial charge in [0.1, 0.15) is 18.6 Å². The van der Waals surface area contributed by atoms with Crippen molar-refractivity contribution in [2.45, 2.75) is 44.1 Å². The molecule has 0 amide bonds. The van der Waals surface area contributed by atoms with Crippen molar-refractivity contribution >= 4 is 16.9 Å². The van der Waals surface area contributed by atoms with E-state index in [9.17, 15) is 13.2 Å². The van der Waals surface area contributed by atoms with Crippen molar-refractivity contribution in [1.29, 1.82) is 0 Å². The number of nitrogens with zero attached hydrogens (tertiary/aromatic N) is 6. The van der Waals surface area contributed by atoms with Crippen LogP contribution in [0.25, 0.3) is 16.4 Å². The van der Waals surface area contributed by atoms with Crippen LogP contribution in [0.2, 0.25) is 0 Å². The van der Waals surface area contributed by atoms with Crippen LogP contribution in [0.5, 0.6) is 0 Å². The van der Waals surface area contributed by atoms with E-state index in [0.717, 1.165) is 59.0 Å². The molecule has 37 heavy (non-hydrogen) atoms. The molecule has 0 saturated carbocycles. The summed E-state index contributed by atoms with van der Waals surface area (Å²) in [5.41, 5.74) is 5.18. The lowest BCUT2D eigenvalue weighted by molar-refractivity contribution is -0.142. The number of fused-ring (bicyclic) bond motifs is 3. The maximum Gasteiger partial charge on any atom is 0.408 e. The summed E-state index contributed by atoms with van der Waals surface area (Å²) in [7, 11) is 0. The summed E-state index contributed by atoms with van der Waals surface area (Å²) in [5.74, 6) is 0.821. The fourth-order valence-corrected chi connectivity index (χ4v) is 5.67. The zero-order valence-electron chi connectivity index (χ0n) is 20.0. The third-order valence-electron chi connectivity index (χ3n) is 6.57. The molecular weight excluding hydrogens is 507 g/mol. The Bertz CT molecular complexity index is 1410. The number of rotatable bonds is 7. The van der Waals surface area contributed by atoms with Crippen molar-refractivity contribution in [1.82, 2.24) is 34.8 Å². The first kappa shape index (κ1) is 24.1. The number of hydrogen-bond acceptors (Lipinski definition) is 8. The van der Waals surface area contributed by atoms with E-state index < -0.39 is 18.1 Å². The number of hydrogen-bond donors (Lipinski definition) is 1. The first-order valence-electron chi connectivity index (χ1n) is 11.9. The highest BCUT2D eigenvalue weighted by Crippen LogP contribution is 2.44. The third kappa shape index (κ3) is 4.75. The van der Waals surface area contributed by atoms with E-state index in [2.05, 4.69) is 26.2 Å². The standard InChI is InChI=1S/C24H24F3N7O2S/c1-23-4-2-15(16-9-30-33(10-16)6-5-28-17-11-35-12-17)8-19(23)36-7-3-18-20(23)32-22(37-18)21-29-14-31-34(21)13-24(25,26)27/h4,8-10,14,17,28H,3,5-7,11-13H2,1H3. The van der Waals surface area contributed by atoms with Gasteiger partial charge in [0.25, 0.3) is 0 Å². The van der Waals surface area contributed by atoms with Gasteiger partial charge in [-0.2, -0.15) is 23.4 Å². The highest BCUT2D eigenvalue weighted by atomic mass is 32.1. The number of thiazole rings is 1. The second kappa shape index (κ2) is 9.25. The SMILES string of the molecule is CC12C=C=C(c3cnn(CCNC4COC4)c3)C=C1OCCc1sc(-c3ncnn3CC(F)(F)F)nc12. The quantitative estimate of drug-likeness (QED) is 0.469. The van der Waals surface area contributed by atoms with Gasteiger partial charge >= 0.3 is 6.18 Å². The molecule has 2 aliphatic heterocycles. The zero-order chi connectivity index (χ0) is 25.6. The predicted octanol–water partition coefficient (Wildman–Crippen LogP) is 3.12. The monoisotopic (exact) mass is 531 g/mol. The average Bonchev–Trinajstić information content (AvgIpc) is 3.54. The molecule has 1 unspecified atom stereocenters. The molecule has 0 bridgehead atoms. The van der Waals surface area contributed by atoms with E-state index in [-0.39, 0.29) is 5.82 Å². The molecular formula is C24H24F3N7O2S. The lowest BCUT2D eigenvalue weighted by atomic mass is 9.80. The van der Waals surface area contributed by atoms with E-state index >= 15 is 0 Å². The maximum absolute atomic E-state index is 13.0. The lowest BCUT2D eigenvalue weighted by Crippen LogP contribution is -2.46. The number of alkyl halides is 3. The van der Waals surface area contributed by atoms with Gasteiger partial charge in [-0.15, -0.1) is 17.1 Å². The smallest absolute Gasteiger partial charge is 0.408 e. The summed E-state index contributed by atoms with van der Waals surface area (Å²) in [4.78, 5) is 9.76. The Morgan fingerprint density at radius 3 is 2.95 bits per heavy atom. The summed E-state index contributed by atoms with van der Waals surface area (Å²) in [6.45, 7) is 4.25. The summed E-state index contributed by atoms with van der Waals surface area (Å²) in [6, 6.07) is 0.422. The van der Waals surface area contributed by atoms with Crippen LogP contribution in [0.4, 0.5) is 13.2 Å². The largest absolute Gasteiger partial charge is 0.496 e. The van der Waals surface area contributed by atoms with Gasteiger partial charge in [0.05, 0.1) is 49.7 Å². The molecule has 1 fully saturated rings. The second-order valence-electron chi connectivity index (χ2n) is 9.34. The maximum atomic E-state index is 13.0. The first-order chi connectivity index (χ1) is 17.8. The minimum Gasteiger partial charge on any atom is -0.496 e. The van der Waals surface area contributed by atoms with Crippen LogP contribution in [0, 0.1) is 0 Å².